The third-order valence-corrected chi connectivity index (χ3v) is 4.40. The predicted octanol–water partition coefficient (Wildman–Crippen LogP) is 3.81. The summed E-state index contributed by atoms with van der Waals surface area (Å²) in [4.78, 5) is 11.9. The van der Waals surface area contributed by atoms with Crippen molar-refractivity contribution in [2.75, 3.05) is 18.6 Å². The number of aromatic nitrogens is 1. The Labute approximate surface area is 145 Å². The standard InChI is InChI=1S/C18H24N2O3S/c1-4-5-16-18(13(2)21)17(23-20-16)12-14-6-8-15(9-7-14)22-10-11-24(3)19/h6-9,19H,4-5,10-12H2,1-3H3. The Morgan fingerprint density at radius 1 is 1.33 bits per heavy atom. The van der Waals surface area contributed by atoms with Crippen LogP contribution in [0.5, 0.6) is 5.75 Å². The van der Waals surface area contributed by atoms with Gasteiger partial charge in [-0.3, -0.25) is 9.57 Å². The van der Waals surface area contributed by atoms with E-state index in [0.717, 1.165) is 35.6 Å². The lowest BCUT2D eigenvalue weighted by atomic mass is 10.0. The highest BCUT2D eigenvalue weighted by molar-refractivity contribution is 7.85. The third-order valence-electron chi connectivity index (χ3n) is 3.62. The van der Waals surface area contributed by atoms with Gasteiger partial charge in [-0.15, -0.1) is 10.7 Å². The molecule has 6 heteroatoms. The zero-order chi connectivity index (χ0) is 17.5. The lowest BCUT2D eigenvalue weighted by Crippen LogP contribution is -2.06. The molecule has 0 fully saturated rings. The van der Waals surface area contributed by atoms with Gasteiger partial charge in [0.1, 0.15) is 5.75 Å². The van der Waals surface area contributed by atoms with Crippen LogP contribution in [0.2, 0.25) is 0 Å². The van der Waals surface area contributed by atoms with Crippen LogP contribution in [0, 0.1) is 4.78 Å². The first-order chi connectivity index (χ1) is 11.5. The van der Waals surface area contributed by atoms with E-state index in [1.807, 2.05) is 30.5 Å². The fraction of sp³-hybridized carbons (Fsp3) is 0.444. The number of Topliss-reactive ketones (excluding diaryl/α,β-unsaturated/α-hetero) is 1. The van der Waals surface area contributed by atoms with Gasteiger partial charge in [0.2, 0.25) is 0 Å². The number of nitrogens with zero attached hydrogens (tertiary/aromatic N) is 1. The summed E-state index contributed by atoms with van der Waals surface area (Å²) in [5, 5.41) is 4.06. The van der Waals surface area contributed by atoms with E-state index in [1.54, 1.807) is 6.92 Å². The summed E-state index contributed by atoms with van der Waals surface area (Å²) in [6.07, 6.45) is 4.09. The summed E-state index contributed by atoms with van der Waals surface area (Å²) in [6, 6.07) is 7.75. The fourth-order valence-electron chi connectivity index (χ4n) is 2.46. The molecule has 0 amide bonds. The van der Waals surface area contributed by atoms with E-state index in [1.165, 1.54) is 0 Å². The first-order valence-electron chi connectivity index (χ1n) is 8.05. The van der Waals surface area contributed by atoms with E-state index in [0.29, 0.717) is 24.4 Å². The normalized spacial score (nSPS) is 12.1. The molecule has 0 aliphatic heterocycles. The summed E-state index contributed by atoms with van der Waals surface area (Å²) in [7, 11) is -0.353. The van der Waals surface area contributed by atoms with E-state index in [9.17, 15) is 4.79 Å². The fourth-order valence-corrected chi connectivity index (χ4v) is 2.80. The van der Waals surface area contributed by atoms with Gasteiger partial charge in [-0.05, 0) is 37.3 Å². The maximum absolute atomic E-state index is 11.9. The Kier molecular flexibility index (Phi) is 6.73. The van der Waals surface area contributed by atoms with Gasteiger partial charge in [-0.25, -0.2) is 0 Å². The van der Waals surface area contributed by atoms with Crippen LogP contribution >= 0.6 is 0 Å². The van der Waals surface area contributed by atoms with Crippen LogP contribution in [0.3, 0.4) is 0 Å². The Morgan fingerprint density at radius 2 is 2.04 bits per heavy atom. The van der Waals surface area contributed by atoms with Crippen molar-refractivity contribution in [2.24, 2.45) is 0 Å². The molecule has 0 saturated heterocycles. The number of benzene rings is 1. The lowest BCUT2D eigenvalue weighted by molar-refractivity contribution is 0.101. The van der Waals surface area contributed by atoms with Gasteiger partial charge in [0.05, 0.1) is 17.9 Å². The highest BCUT2D eigenvalue weighted by atomic mass is 32.2. The first-order valence-corrected chi connectivity index (χ1v) is 9.85. The van der Waals surface area contributed by atoms with Gasteiger partial charge in [-0.1, -0.05) is 30.6 Å². The molecule has 2 rings (SSSR count). The minimum absolute atomic E-state index is 0.000000613. The molecule has 1 aromatic carbocycles. The van der Waals surface area contributed by atoms with Crippen LogP contribution in [-0.2, 0) is 23.5 Å². The largest absolute Gasteiger partial charge is 0.493 e. The number of hydrogen-bond acceptors (Lipinski definition) is 5. The van der Waals surface area contributed by atoms with E-state index in [2.05, 4.69) is 12.1 Å². The van der Waals surface area contributed by atoms with Crippen LogP contribution in [0.25, 0.3) is 0 Å². The molecule has 1 unspecified atom stereocenters. The number of rotatable bonds is 9. The number of ether oxygens (including phenoxy) is 1. The second-order valence-electron chi connectivity index (χ2n) is 5.74. The number of ketones is 1. The number of carbonyl (C=O) groups is 1. The average Bonchev–Trinajstić information content (AvgIpc) is 2.92. The molecule has 0 radical (unpaired) electrons. The highest BCUT2D eigenvalue weighted by Gasteiger charge is 2.19. The second-order valence-corrected chi connectivity index (χ2v) is 7.43. The highest BCUT2D eigenvalue weighted by Crippen LogP contribution is 2.21. The van der Waals surface area contributed by atoms with E-state index >= 15 is 0 Å². The van der Waals surface area contributed by atoms with Crippen molar-refractivity contribution >= 4 is 16.5 Å². The molecule has 0 aliphatic carbocycles. The Bertz CT molecular complexity index is 708. The predicted molar refractivity (Wildman–Crippen MR) is 96.1 cm³/mol. The molecule has 0 bridgehead atoms. The number of nitrogens with one attached hydrogen (secondary N) is 1. The summed E-state index contributed by atoms with van der Waals surface area (Å²) < 4.78 is 18.5. The van der Waals surface area contributed by atoms with Gasteiger partial charge in [0.15, 0.2) is 11.5 Å². The smallest absolute Gasteiger partial charge is 0.165 e. The Morgan fingerprint density at radius 3 is 2.62 bits per heavy atom. The van der Waals surface area contributed by atoms with E-state index in [-0.39, 0.29) is 16.5 Å². The number of hydrogen-bond donors (Lipinski definition) is 1. The van der Waals surface area contributed by atoms with Crippen LogP contribution in [0.1, 0.15) is 47.6 Å². The van der Waals surface area contributed by atoms with Gasteiger partial charge in [0.25, 0.3) is 0 Å². The summed E-state index contributed by atoms with van der Waals surface area (Å²) in [5.41, 5.74) is 2.42. The van der Waals surface area contributed by atoms with Crippen LogP contribution in [-0.4, -0.2) is 29.6 Å². The molecule has 0 saturated carbocycles. The topological polar surface area (TPSA) is 76.2 Å². The molecule has 1 aromatic heterocycles. The molecule has 0 spiro atoms. The molecular formula is C18H24N2O3S. The molecule has 0 aliphatic rings. The average molecular weight is 348 g/mol. The van der Waals surface area contributed by atoms with Gasteiger partial charge in [0, 0.05) is 12.2 Å². The lowest BCUT2D eigenvalue weighted by Gasteiger charge is -2.07. The van der Waals surface area contributed by atoms with Crippen LogP contribution in [0.4, 0.5) is 0 Å². The molecule has 130 valence electrons. The molecule has 1 atom stereocenters. The molecular weight excluding hydrogens is 324 g/mol. The zero-order valence-electron chi connectivity index (χ0n) is 14.4. The van der Waals surface area contributed by atoms with E-state index < -0.39 is 0 Å². The van der Waals surface area contributed by atoms with Crippen molar-refractivity contribution < 1.29 is 14.1 Å². The minimum atomic E-state index is -0.353. The zero-order valence-corrected chi connectivity index (χ0v) is 15.2. The monoisotopic (exact) mass is 348 g/mol. The SMILES string of the molecule is CCCc1noc(Cc2ccc(OCCS(C)=N)cc2)c1C(C)=O. The van der Waals surface area contributed by atoms with Crippen molar-refractivity contribution in [1.29, 1.82) is 4.78 Å². The summed E-state index contributed by atoms with van der Waals surface area (Å²) in [5.74, 6) is 2.16. The number of aryl methyl sites for hydroxylation is 1. The quantitative estimate of drug-likeness (QED) is 0.699. The Hall–Kier alpha value is -1.95. The summed E-state index contributed by atoms with van der Waals surface area (Å²) in [6.45, 7) is 4.17. The van der Waals surface area contributed by atoms with Crippen LogP contribution in [0.15, 0.2) is 28.8 Å². The third kappa shape index (κ3) is 5.03. The first kappa shape index (κ1) is 18.4. The van der Waals surface area contributed by atoms with Crippen molar-refractivity contribution in [3.8, 4) is 5.75 Å². The van der Waals surface area contributed by atoms with Gasteiger partial charge >= 0.3 is 0 Å². The molecule has 5 nitrogen and oxygen atoms in total. The maximum Gasteiger partial charge on any atom is 0.165 e. The maximum atomic E-state index is 11.9. The van der Waals surface area contributed by atoms with Crippen molar-refractivity contribution in [3.05, 3.63) is 46.8 Å². The molecule has 2 aromatic rings. The number of carbonyl (C=O) groups excluding carboxylic acids is 1. The van der Waals surface area contributed by atoms with Crippen LogP contribution < -0.4 is 4.74 Å². The van der Waals surface area contributed by atoms with Gasteiger partial charge < -0.3 is 9.26 Å². The summed E-state index contributed by atoms with van der Waals surface area (Å²) >= 11 is 0. The van der Waals surface area contributed by atoms with Crippen molar-refractivity contribution in [3.63, 3.8) is 0 Å². The van der Waals surface area contributed by atoms with Crippen molar-refractivity contribution in [1.82, 2.24) is 5.16 Å². The molecule has 24 heavy (non-hydrogen) atoms. The van der Waals surface area contributed by atoms with Crippen molar-refractivity contribution in [2.45, 2.75) is 33.1 Å². The minimum Gasteiger partial charge on any atom is -0.493 e. The Balaban J connectivity index is 2.06. The van der Waals surface area contributed by atoms with E-state index in [4.69, 9.17) is 14.0 Å². The second kappa shape index (κ2) is 8.78. The molecule has 1 heterocycles. The molecule has 1 N–H and O–H groups in total. The van der Waals surface area contributed by atoms with Gasteiger partial charge in [-0.2, -0.15) is 0 Å².